The summed E-state index contributed by atoms with van der Waals surface area (Å²) in [6.45, 7) is 5.28. The van der Waals surface area contributed by atoms with E-state index in [1.807, 2.05) is 0 Å². The number of nitrogens with zero attached hydrogens (tertiary/aromatic N) is 1. The Balaban J connectivity index is 2.21. The molecule has 1 aromatic rings. The fourth-order valence-electron chi connectivity index (χ4n) is 2.55. The van der Waals surface area contributed by atoms with E-state index in [-0.39, 0.29) is 13.0 Å². The summed E-state index contributed by atoms with van der Waals surface area (Å²) < 4.78 is 43.2. The summed E-state index contributed by atoms with van der Waals surface area (Å²) in [7, 11) is 0. The number of aliphatic hydroxyl groups is 1. The number of β-amino-alcohol motifs (C(OH)–C–C–N with tert-alkyl or cyclic N) is 1. The lowest BCUT2D eigenvalue weighted by Gasteiger charge is -2.28. The van der Waals surface area contributed by atoms with Gasteiger partial charge in [-0.1, -0.05) is 12.1 Å². The molecule has 2 rings (SSSR count). The molecule has 23 heavy (non-hydrogen) atoms. The van der Waals surface area contributed by atoms with Crippen molar-refractivity contribution in [2.24, 2.45) is 0 Å². The summed E-state index contributed by atoms with van der Waals surface area (Å²) in [5, 5.41) is 9.83. The summed E-state index contributed by atoms with van der Waals surface area (Å²) in [6.07, 6.45) is -5.45. The number of ether oxygens (including phenoxy) is 1. The molecule has 2 atom stereocenters. The summed E-state index contributed by atoms with van der Waals surface area (Å²) >= 11 is 0. The molecule has 1 saturated heterocycles. The maximum Gasteiger partial charge on any atom is 0.416 e. The number of alkyl halides is 3. The lowest BCUT2D eigenvalue weighted by Crippen LogP contribution is -2.37. The van der Waals surface area contributed by atoms with Crippen molar-refractivity contribution in [3.8, 4) is 0 Å². The van der Waals surface area contributed by atoms with Crippen LogP contribution < -0.4 is 0 Å². The minimum absolute atomic E-state index is 0.0978. The first kappa shape index (κ1) is 17.6. The highest BCUT2D eigenvalue weighted by atomic mass is 19.4. The Labute approximate surface area is 132 Å². The van der Waals surface area contributed by atoms with Gasteiger partial charge in [-0.15, -0.1) is 0 Å². The second-order valence-corrected chi connectivity index (χ2v) is 6.66. The maximum atomic E-state index is 12.6. The first-order valence-corrected chi connectivity index (χ1v) is 7.32. The molecule has 1 heterocycles. The zero-order chi connectivity index (χ0) is 17.4. The van der Waals surface area contributed by atoms with Crippen LogP contribution in [-0.2, 0) is 10.9 Å². The van der Waals surface area contributed by atoms with Gasteiger partial charge in [0.05, 0.1) is 24.3 Å². The molecule has 1 aromatic carbocycles. The Morgan fingerprint density at radius 3 is 2.26 bits per heavy atom. The summed E-state index contributed by atoms with van der Waals surface area (Å²) in [5.41, 5.74) is -0.890. The Morgan fingerprint density at radius 1 is 1.22 bits per heavy atom. The predicted octanol–water partition coefficient (Wildman–Crippen LogP) is 3.75. The normalized spacial score (nSPS) is 22.3. The third-order valence-electron chi connectivity index (χ3n) is 3.53. The van der Waals surface area contributed by atoms with Crippen LogP contribution in [0.1, 0.15) is 44.4 Å². The first-order chi connectivity index (χ1) is 10.5. The molecule has 1 aliphatic heterocycles. The molecule has 0 radical (unpaired) electrons. The molecule has 0 aromatic heterocycles. The maximum absolute atomic E-state index is 12.6. The number of likely N-dealkylation sites (tertiary alicyclic amines) is 1. The SMILES string of the molecule is CC(C)(C)OC(=O)N1C[C@@H](O)C[C@@H]1c1ccc(C(F)(F)F)cc1. The monoisotopic (exact) mass is 331 g/mol. The molecule has 0 aliphatic carbocycles. The van der Waals surface area contributed by atoms with Gasteiger partial charge in [-0.25, -0.2) is 4.79 Å². The molecule has 1 amide bonds. The first-order valence-electron chi connectivity index (χ1n) is 7.32. The zero-order valence-corrected chi connectivity index (χ0v) is 13.2. The highest BCUT2D eigenvalue weighted by molar-refractivity contribution is 5.69. The van der Waals surface area contributed by atoms with E-state index in [9.17, 15) is 23.1 Å². The molecule has 0 spiro atoms. The topological polar surface area (TPSA) is 49.8 Å². The van der Waals surface area contributed by atoms with Gasteiger partial charge in [0.1, 0.15) is 5.60 Å². The lowest BCUT2D eigenvalue weighted by atomic mass is 10.0. The fourth-order valence-corrected chi connectivity index (χ4v) is 2.55. The van der Waals surface area contributed by atoms with Crippen molar-refractivity contribution in [3.05, 3.63) is 35.4 Å². The van der Waals surface area contributed by atoms with Gasteiger partial charge in [-0.2, -0.15) is 13.2 Å². The van der Waals surface area contributed by atoms with E-state index < -0.39 is 35.6 Å². The van der Waals surface area contributed by atoms with E-state index >= 15 is 0 Å². The molecule has 7 heteroatoms. The summed E-state index contributed by atoms with van der Waals surface area (Å²) in [5.74, 6) is 0. The average Bonchev–Trinajstić information content (AvgIpc) is 2.78. The number of rotatable bonds is 1. The minimum atomic E-state index is -4.40. The van der Waals surface area contributed by atoms with Crippen LogP contribution in [0.4, 0.5) is 18.0 Å². The minimum Gasteiger partial charge on any atom is -0.444 e. The number of carbonyl (C=O) groups is 1. The van der Waals surface area contributed by atoms with E-state index in [0.29, 0.717) is 5.56 Å². The number of hydrogen-bond acceptors (Lipinski definition) is 3. The van der Waals surface area contributed by atoms with Crippen LogP contribution in [-0.4, -0.2) is 34.3 Å². The van der Waals surface area contributed by atoms with Crippen molar-refractivity contribution in [2.45, 2.75) is 51.1 Å². The van der Waals surface area contributed by atoms with E-state index in [1.165, 1.54) is 17.0 Å². The van der Waals surface area contributed by atoms with E-state index in [4.69, 9.17) is 4.74 Å². The molecule has 0 bridgehead atoms. The van der Waals surface area contributed by atoms with Gasteiger partial charge in [-0.05, 0) is 44.9 Å². The molecule has 128 valence electrons. The second-order valence-electron chi connectivity index (χ2n) is 6.66. The number of amides is 1. The highest BCUT2D eigenvalue weighted by Gasteiger charge is 2.38. The second kappa shape index (κ2) is 6.03. The van der Waals surface area contributed by atoms with Crippen molar-refractivity contribution in [2.75, 3.05) is 6.54 Å². The van der Waals surface area contributed by atoms with Crippen LogP contribution in [0, 0.1) is 0 Å². The van der Waals surface area contributed by atoms with Crippen LogP contribution in [0.5, 0.6) is 0 Å². The van der Waals surface area contributed by atoms with Gasteiger partial charge in [0, 0.05) is 0 Å². The van der Waals surface area contributed by atoms with E-state index in [0.717, 1.165) is 12.1 Å². The van der Waals surface area contributed by atoms with Crippen molar-refractivity contribution in [1.82, 2.24) is 4.90 Å². The Morgan fingerprint density at radius 2 is 1.78 bits per heavy atom. The average molecular weight is 331 g/mol. The molecule has 1 fully saturated rings. The summed E-state index contributed by atoms with van der Waals surface area (Å²) in [6, 6.07) is 4.13. The van der Waals surface area contributed by atoms with Gasteiger partial charge < -0.3 is 9.84 Å². The molecular weight excluding hydrogens is 311 g/mol. The zero-order valence-electron chi connectivity index (χ0n) is 13.2. The molecule has 4 nitrogen and oxygen atoms in total. The van der Waals surface area contributed by atoms with Crippen LogP contribution in [0.2, 0.25) is 0 Å². The van der Waals surface area contributed by atoms with Gasteiger partial charge in [-0.3, -0.25) is 4.90 Å². The van der Waals surface area contributed by atoms with Crippen molar-refractivity contribution >= 4 is 6.09 Å². The third kappa shape index (κ3) is 4.37. The van der Waals surface area contributed by atoms with Crippen molar-refractivity contribution in [1.29, 1.82) is 0 Å². The third-order valence-corrected chi connectivity index (χ3v) is 3.53. The smallest absolute Gasteiger partial charge is 0.416 e. The van der Waals surface area contributed by atoms with Crippen molar-refractivity contribution in [3.63, 3.8) is 0 Å². The summed E-state index contributed by atoms with van der Waals surface area (Å²) in [4.78, 5) is 13.6. The van der Waals surface area contributed by atoms with Crippen LogP contribution in [0.15, 0.2) is 24.3 Å². The van der Waals surface area contributed by atoms with E-state index in [2.05, 4.69) is 0 Å². The van der Waals surface area contributed by atoms with Crippen LogP contribution >= 0.6 is 0 Å². The molecule has 1 N–H and O–H groups in total. The lowest BCUT2D eigenvalue weighted by molar-refractivity contribution is -0.137. The van der Waals surface area contributed by atoms with Gasteiger partial charge in [0.2, 0.25) is 0 Å². The van der Waals surface area contributed by atoms with Crippen molar-refractivity contribution < 1.29 is 27.8 Å². The van der Waals surface area contributed by atoms with Crippen LogP contribution in [0.25, 0.3) is 0 Å². The Bertz CT molecular complexity index is 563. The van der Waals surface area contributed by atoms with E-state index in [1.54, 1.807) is 20.8 Å². The number of aliphatic hydroxyl groups excluding tert-OH is 1. The van der Waals surface area contributed by atoms with Gasteiger partial charge in [0.25, 0.3) is 0 Å². The van der Waals surface area contributed by atoms with Crippen LogP contribution in [0.3, 0.4) is 0 Å². The van der Waals surface area contributed by atoms with Gasteiger partial charge >= 0.3 is 12.3 Å². The highest BCUT2D eigenvalue weighted by Crippen LogP contribution is 2.35. The molecule has 0 unspecified atom stereocenters. The molecular formula is C16H20F3NO3. The fraction of sp³-hybridized carbons (Fsp3) is 0.562. The Kier molecular flexibility index (Phi) is 4.61. The standard InChI is InChI=1S/C16H20F3NO3/c1-15(2,3)23-14(22)20-9-12(21)8-13(20)10-4-6-11(7-5-10)16(17,18)19/h4-7,12-13,21H,8-9H2,1-3H3/t12-,13+/m0/s1. The molecule has 0 saturated carbocycles. The van der Waals surface area contributed by atoms with Gasteiger partial charge in [0.15, 0.2) is 0 Å². The molecule has 1 aliphatic rings. The number of benzene rings is 1. The number of halogens is 3. The number of hydrogen-bond donors (Lipinski definition) is 1. The number of carbonyl (C=O) groups excluding carboxylic acids is 1. The quantitative estimate of drug-likeness (QED) is 0.853. The predicted molar refractivity (Wildman–Crippen MR) is 77.7 cm³/mol. The Hall–Kier alpha value is -1.76. The largest absolute Gasteiger partial charge is 0.444 e.